The lowest BCUT2D eigenvalue weighted by Crippen LogP contribution is -2.30. The molecule has 6 nitrogen and oxygen atoms in total. The van der Waals surface area contributed by atoms with Gasteiger partial charge in [-0.1, -0.05) is 223 Å². The van der Waals surface area contributed by atoms with Gasteiger partial charge in [0.1, 0.15) is 13.2 Å². The maximum absolute atomic E-state index is 12.8. The van der Waals surface area contributed by atoms with E-state index in [2.05, 4.69) is 81.5 Å². The lowest BCUT2D eigenvalue weighted by atomic mass is 10.1. The Morgan fingerprint density at radius 1 is 0.299 bits per heavy atom. The topological polar surface area (TPSA) is 78.9 Å². The summed E-state index contributed by atoms with van der Waals surface area (Å²) in [5.41, 5.74) is 0. The molecular weight excluding hydrogens is 829 g/mol. The largest absolute Gasteiger partial charge is 0.462 e. The highest BCUT2D eigenvalue weighted by Crippen LogP contribution is 2.15. The van der Waals surface area contributed by atoms with Crippen LogP contribution in [0.2, 0.25) is 0 Å². The van der Waals surface area contributed by atoms with Crippen molar-refractivity contribution in [1.82, 2.24) is 0 Å². The number of carbonyl (C=O) groups is 3. The summed E-state index contributed by atoms with van der Waals surface area (Å²) in [5.74, 6) is -0.895. The lowest BCUT2D eigenvalue weighted by Gasteiger charge is -2.18. The van der Waals surface area contributed by atoms with Crippen molar-refractivity contribution in [2.45, 2.75) is 297 Å². The predicted molar refractivity (Wildman–Crippen MR) is 288 cm³/mol. The molecule has 6 heteroatoms. The molecular formula is C61H108O6. The molecule has 0 bridgehead atoms. The first kappa shape index (κ1) is 64.1. The van der Waals surface area contributed by atoms with Gasteiger partial charge in [0.05, 0.1) is 0 Å². The molecule has 1 atom stereocenters. The Morgan fingerprint density at radius 2 is 0.537 bits per heavy atom. The average Bonchev–Trinajstić information content (AvgIpc) is 3.33. The molecule has 0 N–H and O–H groups in total. The zero-order valence-electron chi connectivity index (χ0n) is 44.4. The van der Waals surface area contributed by atoms with E-state index in [1.807, 2.05) is 0 Å². The number of unbranched alkanes of at least 4 members (excludes halogenated alkanes) is 31. The van der Waals surface area contributed by atoms with Gasteiger partial charge in [0.15, 0.2) is 6.10 Å². The van der Waals surface area contributed by atoms with E-state index in [-0.39, 0.29) is 31.1 Å². The summed E-state index contributed by atoms with van der Waals surface area (Å²) in [6, 6.07) is 0. The van der Waals surface area contributed by atoms with Crippen LogP contribution in [0.4, 0.5) is 0 Å². The molecule has 0 radical (unpaired) electrons. The van der Waals surface area contributed by atoms with Gasteiger partial charge < -0.3 is 14.2 Å². The Hall–Kier alpha value is -2.89. The van der Waals surface area contributed by atoms with Crippen molar-refractivity contribution in [3.8, 4) is 0 Å². The minimum Gasteiger partial charge on any atom is -0.462 e. The molecule has 388 valence electrons. The molecule has 0 fully saturated rings. The number of hydrogen-bond donors (Lipinski definition) is 0. The zero-order chi connectivity index (χ0) is 48.6. The van der Waals surface area contributed by atoms with Crippen LogP contribution < -0.4 is 0 Å². The number of hydrogen-bond acceptors (Lipinski definition) is 6. The van der Waals surface area contributed by atoms with Crippen LogP contribution in [-0.2, 0) is 28.6 Å². The van der Waals surface area contributed by atoms with E-state index >= 15 is 0 Å². The van der Waals surface area contributed by atoms with Gasteiger partial charge >= 0.3 is 17.9 Å². The van der Waals surface area contributed by atoms with Crippen LogP contribution in [-0.4, -0.2) is 37.2 Å². The Labute approximate surface area is 415 Å². The molecule has 0 aliphatic carbocycles. The van der Waals surface area contributed by atoms with Crippen LogP contribution >= 0.6 is 0 Å². The standard InChI is InChI=1S/C61H108O6/c1-4-7-10-13-16-19-22-25-28-29-30-31-34-36-39-42-45-48-51-54-60(63)66-57-58(67-61(64)55-52-49-46-43-40-37-33-27-24-21-18-15-12-9-6-3)56-65-59(62)53-50-47-44-41-38-35-32-26-23-20-17-14-11-8-5-2/h16,18-21,23,25,27-28,33,58H,4-15,17,22,24,26,29-32,34-57H2,1-3H3/b19-16+,21-18+,23-20+,28-25+,33-27+/t58-/m1/s1. The van der Waals surface area contributed by atoms with Gasteiger partial charge in [0.2, 0.25) is 0 Å². The second-order valence-electron chi connectivity index (χ2n) is 19.2. The summed E-state index contributed by atoms with van der Waals surface area (Å²) in [6.07, 6.45) is 69.1. The molecule has 0 heterocycles. The number of ether oxygens (including phenoxy) is 3. The smallest absolute Gasteiger partial charge is 0.306 e. The van der Waals surface area contributed by atoms with Gasteiger partial charge in [0.25, 0.3) is 0 Å². The predicted octanol–water partition coefficient (Wildman–Crippen LogP) is 19.2. The lowest BCUT2D eigenvalue weighted by molar-refractivity contribution is -0.167. The number of esters is 3. The van der Waals surface area contributed by atoms with E-state index in [0.717, 1.165) is 89.9 Å². The first-order valence-electron chi connectivity index (χ1n) is 28.8. The first-order valence-corrected chi connectivity index (χ1v) is 28.8. The first-order chi connectivity index (χ1) is 33.0. The molecule has 0 aromatic carbocycles. The Morgan fingerprint density at radius 3 is 0.866 bits per heavy atom. The average molecular weight is 938 g/mol. The van der Waals surface area contributed by atoms with E-state index in [0.29, 0.717) is 19.3 Å². The third kappa shape index (κ3) is 53.9. The van der Waals surface area contributed by atoms with Crippen molar-refractivity contribution in [3.05, 3.63) is 60.8 Å². The van der Waals surface area contributed by atoms with Crippen LogP contribution in [0.15, 0.2) is 60.8 Å². The third-order valence-electron chi connectivity index (χ3n) is 12.5. The molecule has 0 aliphatic rings. The van der Waals surface area contributed by atoms with Gasteiger partial charge in [-0.05, 0) is 109 Å². The molecule has 0 aliphatic heterocycles. The van der Waals surface area contributed by atoms with Crippen molar-refractivity contribution >= 4 is 17.9 Å². The fourth-order valence-corrected chi connectivity index (χ4v) is 8.09. The molecule has 0 aromatic heterocycles. The van der Waals surface area contributed by atoms with Crippen LogP contribution in [0.25, 0.3) is 0 Å². The van der Waals surface area contributed by atoms with Crippen LogP contribution in [0.5, 0.6) is 0 Å². The highest BCUT2D eigenvalue weighted by molar-refractivity contribution is 5.71. The summed E-state index contributed by atoms with van der Waals surface area (Å²) in [6.45, 7) is 6.58. The second kappa shape index (κ2) is 55.7. The van der Waals surface area contributed by atoms with Crippen LogP contribution in [0.3, 0.4) is 0 Å². The second-order valence-corrected chi connectivity index (χ2v) is 19.2. The van der Waals surface area contributed by atoms with E-state index in [1.165, 1.54) is 161 Å². The molecule has 67 heavy (non-hydrogen) atoms. The summed E-state index contributed by atoms with van der Waals surface area (Å²) in [5, 5.41) is 0. The maximum atomic E-state index is 12.8. The molecule has 0 spiro atoms. The van der Waals surface area contributed by atoms with Crippen molar-refractivity contribution < 1.29 is 28.6 Å². The third-order valence-corrected chi connectivity index (χ3v) is 12.5. The number of carbonyl (C=O) groups excluding carboxylic acids is 3. The van der Waals surface area contributed by atoms with Gasteiger partial charge in [0, 0.05) is 19.3 Å². The van der Waals surface area contributed by atoms with E-state index < -0.39 is 6.10 Å². The van der Waals surface area contributed by atoms with E-state index in [1.54, 1.807) is 0 Å². The van der Waals surface area contributed by atoms with Crippen molar-refractivity contribution in [2.75, 3.05) is 13.2 Å². The summed E-state index contributed by atoms with van der Waals surface area (Å²) < 4.78 is 16.9. The Balaban J connectivity index is 4.38. The van der Waals surface area contributed by atoms with Gasteiger partial charge in [-0.2, -0.15) is 0 Å². The van der Waals surface area contributed by atoms with Crippen molar-refractivity contribution in [2.24, 2.45) is 0 Å². The minimum atomic E-state index is -0.785. The minimum absolute atomic E-state index is 0.0826. The SMILES string of the molecule is CCCCC/C=C/C/C=C/CCCCCCCCCCCC(=O)OC[C@@H](COC(=O)CCCCCCCCC/C=C/CCCCCC)OC(=O)CCCCCCC/C=C/C/C=C/CCCCC. The van der Waals surface area contributed by atoms with Gasteiger partial charge in [-0.25, -0.2) is 0 Å². The van der Waals surface area contributed by atoms with E-state index in [9.17, 15) is 14.4 Å². The van der Waals surface area contributed by atoms with Crippen LogP contribution in [0, 0.1) is 0 Å². The van der Waals surface area contributed by atoms with Gasteiger partial charge in [-0.15, -0.1) is 0 Å². The van der Waals surface area contributed by atoms with Crippen molar-refractivity contribution in [3.63, 3.8) is 0 Å². The molecule has 0 unspecified atom stereocenters. The fraction of sp³-hybridized carbons (Fsp3) is 0.787. The van der Waals surface area contributed by atoms with Crippen LogP contribution in [0.1, 0.15) is 290 Å². The monoisotopic (exact) mass is 937 g/mol. The summed E-state index contributed by atoms with van der Waals surface area (Å²) >= 11 is 0. The highest BCUT2D eigenvalue weighted by atomic mass is 16.6. The molecule has 0 saturated heterocycles. The molecule has 0 rings (SSSR count). The zero-order valence-corrected chi connectivity index (χ0v) is 44.4. The van der Waals surface area contributed by atoms with Crippen molar-refractivity contribution in [1.29, 1.82) is 0 Å². The maximum Gasteiger partial charge on any atom is 0.306 e. The van der Waals surface area contributed by atoms with Gasteiger partial charge in [-0.3, -0.25) is 14.4 Å². The summed E-state index contributed by atoms with van der Waals surface area (Å²) in [4.78, 5) is 38.1. The fourth-order valence-electron chi connectivity index (χ4n) is 8.09. The number of rotatable bonds is 52. The van der Waals surface area contributed by atoms with E-state index in [4.69, 9.17) is 14.2 Å². The highest BCUT2D eigenvalue weighted by Gasteiger charge is 2.19. The molecule has 0 aromatic rings. The normalized spacial score (nSPS) is 12.5. The molecule has 0 saturated carbocycles. The number of allylic oxidation sites excluding steroid dienone is 10. The Kier molecular flexibility index (Phi) is 53.3. The quantitative estimate of drug-likeness (QED) is 0.0262. The molecule has 0 amide bonds. The Bertz CT molecular complexity index is 1210. The summed E-state index contributed by atoms with van der Waals surface area (Å²) in [7, 11) is 0.